The number of nitrogens with one attached hydrogen (secondary N) is 2. The average molecular weight is 256 g/mol. The van der Waals surface area contributed by atoms with Crippen LogP contribution in [0.2, 0.25) is 5.02 Å². The molecule has 6 heteroatoms. The van der Waals surface area contributed by atoms with E-state index in [4.69, 9.17) is 11.6 Å². The molecule has 0 bridgehead atoms. The lowest BCUT2D eigenvalue weighted by atomic mass is 10.2. The van der Waals surface area contributed by atoms with E-state index in [0.29, 0.717) is 18.3 Å². The summed E-state index contributed by atoms with van der Waals surface area (Å²) in [6.07, 6.45) is 2.26. The maximum atomic E-state index is 10.9. The van der Waals surface area contributed by atoms with Crippen LogP contribution < -0.4 is 10.6 Å². The molecule has 1 atom stereocenters. The van der Waals surface area contributed by atoms with Crippen LogP contribution in [0.5, 0.6) is 0 Å². The van der Waals surface area contributed by atoms with Crippen LogP contribution in [0.1, 0.15) is 12.8 Å². The van der Waals surface area contributed by atoms with Crippen molar-refractivity contribution >= 4 is 23.0 Å². The van der Waals surface area contributed by atoms with Gasteiger partial charge in [0, 0.05) is 12.6 Å². The monoisotopic (exact) mass is 255 g/mol. The zero-order chi connectivity index (χ0) is 12.3. The van der Waals surface area contributed by atoms with Crippen LogP contribution in [0.3, 0.4) is 0 Å². The maximum Gasteiger partial charge on any atom is 0.310 e. The van der Waals surface area contributed by atoms with E-state index in [2.05, 4.69) is 10.6 Å². The summed E-state index contributed by atoms with van der Waals surface area (Å²) in [6, 6.07) is 5.30. The van der Waals surface area contributed by atoms with E-state index in [1.807, 2.05) is 0 Å². The Hall–Kier alpha value is -1.33. The van der Waals surface area contributed by atoms with Crippen LogP contribution in [-0.2, 0) is 0 Å². The largest absolute Gasteiger partial charge is 0.378 e. The van der Waals surface area contributed by atoms with Gasteiger partial charge in [0.05, 0.1) is 4.92 Å². The summed E-state index contributed by atoms with van der Waals surface area (Å²) in [4.78, 5) is 10.5. The number of anilines is 1. The number of nitro groups is 1. The first-order valence-corrected chi connectivity index (χ1v) is 5.96. The summed E-state index contributed by atoms with van der Waals surface area (Å²) in [5.74, 6) is 0. The van der Waals surface area contributed by atoms with Gasteiger partial charge < -0.3 is 10.6 Å². The van der Waals surface area contributed by atoms with Gasteiger partial charge in [-0.15, -0.1) is 0 Å². The zero-order valence-corrected chi connectivity index (χ0v) is 10.0. The fourth-order valence-electron chi connectivity index (χ4n) is 2.01. The number of benzene rings is 1. The summed E-state index contributed by atoms with van der Waals surface area (Å²) in [5.41, 5.74) is 0.434. The van der Waals surface area contributed by atoms with Crippen LogP contribution in [-0.4, -0.2) is 24.1 Å². The molecule has 17 heavy (non-hydrogen) atoms. The number of para-hydroxylation sites is 1. The molecule has 0 saturated carbocycles. The van der Waals surface area contributed by atoms with Crippen molar-refractivity contribution in [2.24, 2.45) is 0 Å². The molecule has 0 amide bonds. The molecule has 1 saturated heterocycles. The van der Waals surface area contributed by atoms with Gasteiger partial charge in [-0.05, 0) is 31.5 Å². The molecule has 1 aliphatic heterocycles. The van der Waals surface area contributed by atoms with Gasteiger partial charge in [-0.3, -0.25) is 10.1 Å². The van der Waals surface area contributed by atoms with Crippen LogP contribution >= 0.6 is 11.6 Å². The second-order valence-corrected chi connectivity index (χ2v) is 4.47. The molecule has 0 aliphatic carbocycles. The lowest BCUT2D eigenvalue weighted by Gasteiger charge is -2.12. The molecule has 2 rings (SSSR count). The second kappa shape index (κ2) is 5.33. The Balaban J connectivity index is 2.09. The highest BCUT2D eigenvalue weighted by Gasteiger charge is 2.20. The van der Waals surface area contributed by atoms with Crippen LogP contribution in [0, 0.1) is 10.1 Å². The van der Waals surface area contributed by atoms with E-state index in [1.54, 1.807) is 12.1 Å². The predicted octanol–water partition coefficient (Wildman–Crippen LogP) is 2.41. The Morgan fingerprint density at radius 2 is 2.41 bits per heavy atom. The lowest BCUT2D eigenvalue weighted by molar-refractivity contribution is -0.383. The summed E-state index contributed by atoms with van der Waals surface area (Å²) in [7, 11) is 0. The summed E-state index contributed by atoms with van der Waals surface area (Å²) >= 11 is 5.82. The Morgan fingerprint density at radius 1 is 1.59 bits per heavy atom. The third-order valence-electron chi connectivity index (χ3n) is 2.87. The fourth-order valence-corrected chi connectivity index (χ4v) is 2.25. The smallest absolute Gasteiger partial charge is 0.310 e. The third kappa shape index (κ3) is 2.87. The standard InChI is InChI=1S/C11H14ClN3O2/c12-9-4-1-5-10(11(9)15(16)17)14-7-8-3-2-6-13-8/h1,4-5,8,13-14H,2-3,6-7H2. The molecule has 0 radical (unpaired) electrons. The van der Waals surface area contributed by atoms with Crippen molar-refractivity contribution in [3.05, 3.63) is 33.3 Å². The SMILES string of the molecule is O=[N+]([O-])c1c(Cl)cccc1NCC1CCCN1. The molecule has 2 N–H and O–H groups in total. The van der Waals surface area contributed by atoms with Crippen LogP contribution in [0.4, 0.5) is 11.4 Å². The zero-order valence-electron chi connectivity index (χ0n) is 9.28. The second-order valence-electron chi connectivity index (χ2n) is 4.07. The summed E-state index contributed by atoms with van der Waals surface area (Å²) in [6.45, 7) is 1.70. The number of rotatable bonds is 4. The number of nitrogens with zero attached hydrogens (tertiary/aromatic N) is 1. The highest BCUT2D eigenvalue weighted by Crippen LogP contribution is 2.32. The average Bonchev–Trinajstić information content (AvgIpc) is 2.78. The molecule has 1 aliphatic rings. The van der Waals surface area contributed by atoms with Gasteiger partial charge in [-0.1, -0.05) is 17.7 Å². The molecule has 0 aromatic heterocycles. The number of nitro benzene ring substituents is 1. The van der Waals surface area contributed by atoms with Gasteiger partial charge >= 0.3 is 5.69 Å². The van der Waals surface area contributed by atoms with Crippen molar-refractivity contribution in [3.8, 4) is 0 Å². The van der Waals surface area contributed by atoms with Crippen molar-refractivity contribution in [2.45, 2.75) is 18.9 Å². The van der Waals surface area contributed by atoms with Gasteiger partial charge in [0.1, 0.15) is 10.7 Å². The van der Waals surface area contributed by atoms with Crippen molar-refractivity contribution in [3.63, 3.8) is 0 Å². The normalized spacial score (nSPS) is 19.2. The maximum absolute atomic E-state index is 10.9. The third-order valence-corrected chi connectivity index (χ3v) is 3.18. The van der Waals surface area contributed by atoms with E-state index in [0.717, 1.165) is 19.4 Å². The van der Waals surface area contributed by atoms with E-state index in [-0.39, 0.29) is 10.7 Å². The van der Waals surface area contributed by atoms with Gasteiger partial charge in [0.2, 0.25) is 0 Å². The first-order valence-electron chi connectivity index (χ1n) is 5.58. The molecular weight excluding hydrogens is 242 g/mol. The molecular formula is C11H14ClN3O2. The predicted molar refractivity (Wildman–Crippen MR) is 67.6 cm³/mol. The van der Waals surface area contributed by atoms with E-state index in [9.17, 15) is 10.1 Å². The van der Waals surface area contributed by atoms with Gasteiger partial charge in [-0.2, -0.15) is 0 Å². The Morgan fingerprint density at radius 3 is 3.06 bits per heavy atom. The number of hydrogen-bond donors (Lipinski definition) is 2. The molecule has 0 spiro atoms. The molecule has 1 fully saturated rings. The summed E-state index contributed by atoms with van der Waals surface area (Å²) in [5, 5.41) is 17.5. The lowest BCUT2D eigenvalue weighted by Crippen LogP contribution is -2.29. The molecule has 1 aromatic rings. The van der Waals surface area contributed by atoms with Crippen LogP contribution in [0.15, 0.2) is 18.2 Å². The van der Waals surface area contributed by atoms with E-state index >= 15 is 0 Å². The number of halogens is 1. The van der Waals surface area contributed by atoms with E-state index < -0.39 is 4.92 Å². The molecule has 1 heterocycles. The molecule has 5 nitrogen and oxygen atoms in total. The Labute approximate surface area is 104 Å². The minimum absolute atomic E-state index is 0.0489. The molecule has 92 valence electrons. The number of hydrogen-bond acceptors (Lipinski definition) is 4. The highest BCUT2D eigenvalue weighted by atomic mass is 35.5. The van der Waals surface area contributed by atoms with Crippen molar-refractivity contribution < 1.29 is 4.92 Å². The van der Waals surface area contributed by atoms with Crippen LogP contribution in [0.25, 0.3) is 0 Å². The van der Waals surface area contributed by atoms with Crippen molar-refractivity contribution in [2.75, 3.05) is 18.4 Å². The molecule has 1 aromatic carbocycles. The Bertz CT molecular complexity index is 419. The van der Waals surface area contributed by atoms with Crippen molar-refractivity contribution in [1.82, 2.24) is 5.32 Å². The van der Waals surface area contributed by atoms with Gasteiger partial charge in [0.25, 0.3) is 0 Å². The topological polar surface area (TPSA) is 67.2 Å². The highest BCUT2D eigenvalue weighted by molar-refractivity contribution is 6.33. The van der Waals surface area contributed by atoms with Gasteiger partial charge in [-0.25, -0.2) is 0 Å². The van der Waals surface area contributed by atoms with Crippen molar-refractivity contribution in [1.29, 1.82) is 0 Å². The van der Waals surface area contributed by atoms with Gasteiger partial charge in [0.15, 0.2) is 0 Å². The first kappa shape index (κ1) is 12.1. The summed E-state index contributed by atoms with van der Waals surface area (Å²) < 4.78 is 0. The van der Waals surface area contributed by atoms with E-state index in [1.165, 1.54) is 6.07 Å². The fraction of sp³-hybridized carbons (Fsp3) is 0.455. The molecule has 1 unspecified atom stereocenters. The quantitative estimate of drug-likeness (QED) is 0.640. The minimum atomic E-state index is -0.452. The minimum Gasteiger partial charge on any atom is -0.378 e. The first-order chi connectivity index (χ1) is 8.18. The Kier molecular flexibility index (Phi) is 3.81.